The second kappa shape index (κ2) is 8.32. The maximum atomic E-state index is 13.4. The lowest BCUT2D eigenvalue weighted by Crippen LogP contribution is -2.59. The maximum Gasteiger partial charge on any atom is 0.434 e. The average molecular weight is 434 g/mol. The van der Waals surface area contributed by atoms with Crippen molar-refractivity contribution in [2.45, 2.75) is 38.6 Å². The van der Waals surface area contributed by atoms with Crippen molar-refractivity contribution in [1.82, 2.24) is 14.9 Å². The zero-order valence-corrected chi connectivity index (χ0v) is 16.7. The van der Waals surface area contributed by atoms with Crippen LogP contribution in [0, 0.1) is 0 Å². The summed E-state index contributed by atoms with van der Waals surface area (Å²) in [6, 6.07) is -1.42. The van der Waals surface area contributed by atoms with Crippen LogP contribution in [0.4, 0.5) is 23.9 Å². The molecule has 1 aromatic rings. The maximum absolute atomic E-state index is 13.4. The Morgan fingerprint density at radius 2 is 1.83 bits per heavy atom. The van der Waals surface area contributed by atoms with Crippen molar-refractivity contribution in [1.29, 1.82) is 0 Å². The lowest BCUT2D eigenvalue weighted by atomic mass is 10.1. The number of amides is 1. The van der Waals surface area contributed by atoms with Gasteiger partial charge in [-0.25, -0.2) is 24.4 Å². The number of alkyl halides is 3. The van der Waals surface area contributed by atoms with Gasteiger partial charge in [-0.15, -0.1) is 0 Å². The van der Waals surface area contributed by atoms with Gasteiger partial charge in [0.2, 0.25) is 5.95 Å². The highest BCUT2D eigenvalue weighted by Gasteiger charge is 2.41. The topological polar surface area (TPSA) is 122 Å². The van der Waals surface area contributed by atoms with Crippen LogP contribution < -0.4 is 4.90 Å². The molecule has 0 unspecified atom stereocenters. The van der Waals surface area contributed by atoms with E-state index in [-0.39, 0.29) is 19.6 Å². The molecule has 1 atom stereocenters. The summed E-state index contributed by atoms with van der Waals surface area (Å²) in [5.74, 6) is -3.21. The smallest absolute Gasteiger partial charge is 0.434 e. The third-order valence-corrected chi connectivity index (χ3v) is 4.02. The number of aliphatic carboxylic acids is 1. The van der Waals surface area contributed by atoms with Gasteiger partial charge in [0, 0.05) is 19.3 Å². The number of halogens is 3. The molecule has 0 bridgehead atoms. The van der Waals surface area contributed by atoms with Gasteiger partial charge in [-0.3, -0.25) is 0 Å². The highest BCUT2D eigenvalue weighted by Crippen LogP contribution is 2.32. The molecule has 1 aliphatic rings. The molecular weight excluding hydrogens is 413 g/mol. The van der Waals surface area contributed by atoms with Crippen molar-refractivity contribution in [2.75, 3.05) is 31.6 Å². The molecule has 1 aliphatic heterocycles. The van der Waals surface area contributed by atoms with E-state index < -0.39 is 53.1 Å². The van der Waals surface area contributed by atoms with Crippen LogP contribution in [-0.4, -0.2) is 76.4 Å². The molecule has 10 nitrogen and oxygen atoms in total. The second-order valence-corrected chi connectivity index (χ2v) is 7.40. The van der Waals surface area contributed by atoms with Crippen LogP contribution in [0.5, 0.6) is 0 Å². The first-order valence-electron chi connectivity index (χ1n) is 8.74. The Morgan fingerprint density at radius 3 is 2.33 bits per heavy atom. The fourth-order valence-corrected chi connectivity index (χ4v) is 2.71. The minimum absolute atomic E-state index is 0.0256. The quantitative estimate of drug-likeness (QED) is 0.710. The predicted octanol–water partition coefficient (Wildman–Crippen LogP) is 1.79. The first-order valence-corrected chi connectivity index (χ1v) is 8.74. The van der Waals surface area contributed by atoms with Crippen LogP contribution in [0.25, 0.3) is 0 Å². The molecular formula is C17H21F3N4O6. The van der Waals surface area contributed by atoms with Gasteiger partial charge in [0.25, 0.3) is 0 Å². The van der Waals surface area contributed by atoms with Gasteiger partial charge in [0.15, 0.2) is 5.69 Å². The Kier molecular flexibility index (Phi) is 6.42. The molecule has 1 N–H and O–H groups in total. The second-order valence-electron chi connectivity index (χ2n) is 7.40. The molecule has 1 amide bonds. The number of nitrogens with zero attached hydrogens (tertiary/aromatic N) is 4. The summed E-state index contributed by atoms with van der Waals surface area (Å²) in [6.45, 7) is 4.39. The van der Waals surface area contributed by atoms with Crippen LogP contribution in [-0.2, 0) is 20.4 Å². The number of aromatic nitrogens is 2. The number of hydrogen-bond acceptors (Lipinski definition) is 8. The van der Waals surface area contributed by atoms with Crippen molar-refractivity contribution in [3.63, 3.8) is 0 Å². The van der Waals surface area contributed by atoms with E-state index in [1.54, 1.807) is 20.8 Å². The summed E-state index contributed by atoms with van der Waals surface area (Å²) in [7, 11) is 0.909. The predicted molar refractivity (Wildman–Crippen MR) is 95.0 cm³/mol. The molecule has 0 aromatic carbocycles. The molecule has 1 saturated heterocycles. The summed E-state index contributed by atoms with van der Waals surface area (Å²) < 4.78 is 49.6. The van der Waals surface area contributed by atoms with E-state index in [0.29, 0.717) is 6.20 Å². The Hall–Kier alpha value is -3.12. The molecule has 30 heavy (non-hydrogen) atoms. The highest BCUT2D eigenvalue weighted by molar-refractivity contribution is 5.90. The SMILES string of the molecule is COC(=O)c1cnc(N2CCN(C(=O)OC(C)(C)C)C[C@H]2C(=O)O)nc1C(F)(F)F. The molecule has 13 heteroatoms. The van der Waals surface area contributed by atoms with Gasteiger partial charge in [-0.05, 0) is 20.8 Å². The van der Waals surface area contributed by atoms with Crippen LogP contribution in [0.3, 0.4) is 0 Å². The standard InChI is InChI=1S/C17H21F3N4O6/c1-16(2,3)30-15(28)23-5-6-24(10(8-23)12(25)26)14-21-7-9(13(27)29-4)11(22-14)17(18,19)20/h7,10H,5-6,8H2,1-4H3,(H,25,26)/t10-/m0/s1. The van der Waals surface area contributed by atoms with E-state index in [9.17, 15) is 32.7 Å². The van der Waals surface area contributed by atoms with Crippen molar-refractivity contribution in [3.8, 4) is 0 Å². The number of piperazine rings is 1. The zero-order chi connectivity index (χ0) is 22.9. The van der Waals surface area contributed by atoms with Crippen molar-refractivity contribution >= 4 is 24.0 Å². The molecule has 0 radical (unpaired) electrons. The van der Waals surface area contributed by atoms with Crippen LogP contribution in [0.15, 0.2) is 6.20 Å². The van der Waals surface area contributed by atoms with E-state index in [1.807, 2.05) is 0 Å². The summed E-state index contributed by atoms with van der Waals surface area (Å²) in [5.41, 5.74) is -3.24. The van der Waals surface area contributed by atoms with E-state index in [2.05, 4.69) is 14.7 Å². The fraction of sp³-hybridized carbons (Fsp3) is 0.588. The summed E-state index contributed by atoms with van der Waals surface area (Å²) in [6.07, 6.45) is -5.11. The molecule has 2 rings (SSSR count). The molecule has 1 fully saturated rings. The summed E-state index contributed by atoms with van der Waals surface area (Å²) in [4.78, 5) is 44.8. The minimum atomic E-state index is -5.00. The van der Waals surface area contributed by atoms with Crippen LogP contribution in [0.1, 0.15) is 36.8 Å². The number of esters is 1. The van der Waals surface area contributed by atoms with Gasteiger partial charge in [-0.2, -0.15) is 13.2 Å². The van der Waals surface area contributed by atoms with Crippen LogP contribution >= 0.6 is 0 Å². The van der Waals surface area contributed by atoms with Crippen molar-refractivity contribution < 1.29 is 42.1 Å². The normalized spacial score (nSPS) is 17.5. The largest absolute Gasteiger partial charge is 0.480 e. The first-order chi connectivity index (χ1) is 13.7. The van der Waals surface area contributed by atoms with Gasteiger partial charge in [0.05, 0.1) is 13.7 Å². The number of carboxylic acid groups (broad SMARTS) is 1. The third-order valence-electron chi connectivity index (χ3n) is 4.02. The van der Waals surface area contributed by atoms with Crippen LogP contribution in [0.2, 0.25) is 0 Å². The number of methoxy groups -OCH3 is 1. The van der Waals surface area contributed by atoms with Gasteiger partial charge >= 0.3 is 24.2 Å². The van der Waals surface area contributed by atoms with Gasteiger partial charge in [-0.1, -0.05) is 0 Å². The first kappa shape index (κ1) is 23.2. The number of carboxylic acids is 1. The van der Waals surface area contributed by atoms with E-state index >= 15 is 0 Å². The Bertz CT molecular complexity index is 840. The molecule has 0 spiro atoms. The van der Waals surface area contributed by atoms with E-state index in [4.69, 9.17) is 4.74 Å². The summed E-state index contributed by atoms with van der Waals surface area (Å²) in [5, 5.41) is 9.54. The number of rotatable bonds is 3. The molecule has 2 heterocycles. The fourth-order valence-electron chi connectivity index (χ4n) is 2.71. The molecule has 166 valence electrons. The third kappa shape index (κ3) is 5.27. The minimum Gasteiger partial charge on any atom is -0.480 e. The number of carbonyl (C=O) groups is 3. The lowest BCUT2D eigenvalue weighted by Gasteiger charge is -2.39. The molecule has 1 aromatic heterocycles. The number of hydrogen-bond donors (Lipinski definition) is 1. The molecule has 0 saturated carbocycles. The zero-order valence-electron chi connectivity index (χ0n) is 16.7. The van der Waals surface area contributed by atoms with Crippen molar-refractivity contribution in [3.05, 3.63) is 17.5 Å². The Balaban J connectivity index is 2.36. The lowest BCUT2D eigenvalue weighted by molar-refractivity contribution is -0.141. The Morgan fingerprint density at radius 1 is 1.20 bits per heavy atom. The number of carbonyl (C=O) groups excluding carboxylic acids is 2. The number of ether oxygens (including phenoxy) is 2. The molecule has 0 aliphatic carbocycles. The Labute approximate surface area is 169 Å². The van der Waals surface area contributed by atoms with Crippen molar-refractivity contribution in [2.24, 2.45) is 0 Å². The average Bonchev–Trinajstić information content (AvgIpc) is 2.64. The summed E-state index contributed by atoms with van der Waals surface area (Å²) >= 11 is 0. The monoisotopic (exact) mass is 434 g/mol. The van der Waals surface area contributed by atoms with E-state index in [0.717, 1.165) is 16.9 Å². The highest BCUT2D eigenvalue weighted by atomic mass is 19.4. The van der Waals surface area contributed by atoms with Gasteiger partial charge < -0.3 is 24.4 Å². The number of anilines is 1. The van der Waals surface area contributed by atoms with Gasteiger partial charge in [0.1, 0.15) is 17.2 Å². The van der Waals surface area contributed by atoms with E-state index in [1.165, 1.54) is 0 Å².